The largest absolute Gasteiger partial charge is 0.493 e. The van der Waals surface area contributed by atoms with Gasteiger partial charge in [0.2, 0.25) is 0 Å². The second kappa shape index (κ2) is 11.1. The number of nitrogens with zero attached hydrogens (tertiary/aromatic N) is 1. The van der Waals surface area contributed by atoms with Crippen molar-refractivity contribution in [3.05, 3.63) is 46.5 Å². The zero-order chi connectivity index (χ0) is 23.1. The fraction of sp³-hybridized carbons (Fsp3) is 0.391. The average molecular weight is 463 g/mol. The summed E-state index contributed by atoms with van der Waals surface area (Å²) in [6, 6.07) is 8.30. The highest BCUT2D eigenvalue weighted by Crippen LogP contribution is 2.37. The van der Waals surface area contributed by atoms with Gasteiger partial charge in [0, 0.05) is 24.3 Å². The lowest BCUT2D eigenvalue weighted by Crippen LogP contribution is -2.36. The summed E-state index contributed by atoms with van der Waals surface area (Å²) in [6.07, 6.45) is 0.804. The molecule has 0 atom stereocenters. The molecule has 0 radical (unpaired) electrons. The summed E-state index contributed by atoms with van der Waals surface area (Å²) in [5.74, 6) is -0.254. The van der Waals surface area contributed by atoms with Crippen molar-refractivity contribution in [2.75, 3.05) is 57.3 Å². The number of hydrogen-bond donors (Lipinski definition) is 1. The molecule has 2 aromatic carbocycles. The number of halogens is 1. The number of methoxy groups -OCH3 is 2. The molecular formula is C23H27ClN2O6. The van der Waals surface area contributed by atoms with E-state index >= 15 is 0 Å². The summed E-state index contributed by atoms with van der Waals surface area (Å²) in [5, 5.41) is 3.04. The number of esters is 1. The van der Waals surface area contributed by atoms with Crippen LogP contribution < -0.4 is 19.7 Å². The fourth-order valence-corrected chi connectivity index (χ4v) is 3.59. The molecular weight excluding hydrogens is 436 g/mol. The summed E-state index contributed by atoms with van der Waals surface area (Å²) < 4.78 is 21.3. The van der Waals surface area contributed by atoms with Gasteiger partial charge >= 0.3 is 5.97 Å². The minimum atomic E-state index is -0.547. The highest BCUT2D eigenvalue weighted by atomic mass is 35.5. The Hall–Kier alpha value is -2.97. The van der Waals surface area contributed by atoms with Crippen LogP contribution in [0, 0.1) is 0 Å². The number of hydrogen-bond acceptors (Lipinski definition) is 7. The Morgan fingerprint density at radius 1 is 1.16 bits per heavy atom. The molecule has 0 saturated carbocycles. The second-order valence-corrected chi connectivity index (χ2v) is 7.52. The van der Waals surface area contributed by atoms with E-state index in [1.165, 1.54) is 20.3 Å². The summed E-state index contributed by atoms with van der Waals surface area (Å²) >= 11 is 6.33. The summed E-state index contributed by atoms with van der Waals surface area (Å²) in [5.41, 5.74) is 1.71. The van der Waals surface area contributed by atoms with Crippen LogP contribution in [0.25, 0.3) is 0 Å². The van der Waals surface area contributed by atoms with E-state index in [2.05, 4.69) is 10.2 Å². The number of carbonyl (C=O) groups is 2. The Morgan fingerprint density at radius 3 is 2.56 bits per heavy atom. The van der Waals surface area contributed by atoms with Gasteiger partial charge in [0.15, 0.2) is 11.5 Å². The standard InChI is InChI=1S/C23H27ClN2O6/c1-4-9-32-21-18(24)12-15(13-20(21)29-2)22(27)25-19-6-5-16(14-17(19)23(28)30-3)26-7-10-31-11-8-26/h5-6,12-14H,4,7-11H2,1-3H3,(H,25,27). The first-order chi connectivity index (χ1) is 15.5. The van der Waals surface area contributed by atoms with E-state index in [0.717, 1.165) is 25.2 Å². The molecule has 172 valence electrons. The highest BCUT2D eigenvalue weighted by molar-refractivity contribution is 6.32. The van der Waals surface area contributed by atoms with Crippen molar-refractivity contribution in [3.8, 4) is 11.5 Å². The van der Waals surface area contributed by atoms with E-state index in [1.807, 2.05) is 13.0 Å². The Kier molecular flexibility index (Phi) is 8.19. The average Bonchev–Trinajstić information content (AvgIpc) is 2.83. The molecule has 1 saturated heterocycles. The first-order valence-electron chi connectivity index (χ1n) is 10.3. The number of nitrogens with one attached hydrogen (secondary N) is 1. The maximum absolute atomic E-state index is 13.0. The van der Waals surface area contributed by atoms with Gasteiger partial charge in [-0.1, -0.05) is 18.5 Å². The Morgan fingerprint density at radius 2 is 1.91 bits per heavy atom. The quantitative estimate of drug-likeness (QED) is 0.593. The molecule has 2 aromatic rings. The minimum absolute atomic E-state index is 0.255. The number of carbonyl (C=O) groups excluding carboxylic acids is 2. The summed E-state index contributed by atoms with van der Waals surface area (Å²) in [6.45, 7) is 5.12. The van der Waals surface area contributed by atoms with Crippen molar-refractivity contribution in [2.45, 2.75) is 13.3 Å². The third kappa shape index (κ3) is 5.44. The molecule has 9 heteroatoms. The van der Waals surface area contributed by atoms with Gasteiger partial charge in [0.05, 0.1) is 50.3 Å². The SMILES string of the molecule is CCCOc1c(Cl)cc(C(=O)Nc2ccc(N3CCOCC3)cc2C(=O)OC)cc1OC. The molecule has 32 heavy (non-hydrogen) atoms. The van der Waals surface area contributed by atoms with Crippen LogP contribution in [0.4, 0.5) is 11.4 Å². The third-order valence-corrected chi connectivity index (χ3v) is 5.26. The molecule has 1 aliphatic heterocycles. The molecule has 0 aromatic heterocycles. The van der Waals surface area contributed by atoms with E-state index in [9.17, 15) is 9.59 Å². The van der Waals surface area contributed by atoms with Crippen molar-refractivity contribution in [1.29, 1.82) is 0 Å². The van der Waals surface area contributed by atoms with Crippen LogP contribution in [-0.4, -0.2) is 59.0 Å². The molecule has 0 bridgehead atoms. The van der Waals surface area contributed by atoms with Crippen LogP contribution in [0.2, 0.25) is 5.02 Å². The minimum Gasteiger partial charge on any atom is -0.493 e. The lowest BCUT2D eigenvalue weighted by Gasteiger charge is -2.29. The van der Waals surface area contributed by atoms with Crippen LogP contribution in [0.3, 0.4) is 0 Å². The van der Waals surface area contributed by atoms with Crippen LogP contribution in [0.1, 0.15) is 34.1 Å². The Labute approximate surface area is 192 Å². The predicted molar refractivity (Wildman–Crippen MR) is 123 cm³/mol. The number of anilines is 2. The summed E-state index contributed by atoms with van der Waals surface area (Å²) in [4.78, 5) is 27.5. The van der Waals surface area contributed by atoms with E-state index < -0.39 is 11.9 Å². The fourth-order valence-electron chi connectivity index (χ4n) is 3.33. The highest BCUT2D eigenvalue weighted by Gasteiger charge is 2.21. The van der Waals surface area contributed by atoms with Gasteiger partial charge in [-0.15, -0.1) is 0 Å². The van der Waals surface area contributed by atoms with E-state index in [4.69, 9.17) is 30.5 Å². The number of rotatable bonds is 8. The Bertz CT molecular complexity index is 975. The molecule has 3 rings (SSSR count). The van der Waals surface area contributed by atoms with Crippen molar-refractivity contribution < 1.29 is 28.5 Å². The molecule has 0 spiro atoms. The number of benzene rings is 2. The van der Waals surface area contributed by atoms with Crippen molar-refractivity contribution in [1.82, 2.24) is 0 Å². The number of ether oxygens (including phenoxy) is 4. The van der Waals surface area contributed by atoms with Gasteiger partial charge in [-0.05, 0) is 36.8 Å². The monoisotopic (exact) mass is 462 g/mol. The van der Waals surface area contributed by atoms with Gasteiger partial charge in [-0.3, -0.25) is 4.79 Å². The van der Waals surface area contributed by atoms with Crippen molar-refractivity contribution in [2.24, 2.45) is 0 Å². The maximum atomic E-state index is 13.0. The molecule has 1 aliphatic rings. The molecule has 8 nitrogen and oxygen atoms in total. The van der Waals surface area contributed by atoms with E-state index in [-0.39, 0.29) is 16.1 Å². The zero-order valence-electron chi connectivity index (χ0n) is 18.4. The van der Waals surface area contributed by atoms with Gasteiger partial charge < -0.3 is 29.2 Å². The van der Waals surface area contributed by atoms with E-state index in [0.29, 0.717) is 37.0 Å². The lowest BCUT2D eigenvalue weighted by molar-refractivity contribution is 0.0602. The van der Waals surface area contributed by atoms with Crippen molar-refractivity contribution >= 4 is 34.9 Å². The maximum Gasteiger partial charge on any atom is 0.340 e. The van der Waals surface area contributed by atoms with Crippen LogP contribution in [0.15, 0.2) is 30.3 Å². The second-order valence-electron chi connectivity index (χ2n) is 7.11. The number of amides is 1. The molecule has 0 aliphatic carbocycles. The lowest BCUT2D eigenvalue weighted by atomic mass is 10.1. The molecule has 0 unspecified atom stereocenters. The van der Waals surface area contributed by atoms with Gasteiger partial charge in [0.25, 0.3) is 5.91 Å². The Balaban J connectivity index is 1.88. The van der Waals surface area contributed by atoms with Crippen molar-refractivity contribution in [3.63, 3.8) is 0 Å². The predicted octanol–water partition coefficient (Wildman–Crippen LogP) is 4.01. The zero-order valence-corrected chi connectivity index (χ0v) is 19.2. The van der Waals surface area contributed by atoms with E-state index in [1.54, 1.807) is 18.2 Å². The van der Waals surface area contributed by atoms with Gasteiger partial charge in [-0.25, -0.2) is 4.79 Å². The normalized spacial score (nSPS) is 13.4. The first-order valence-corrected chi connectivity index (χ1v) is 10.7. The molecule has 1 amide bonds. The van der Waals surface area contributed by atoms with Crippen LogP contribution in [-0.2, 0) is 9.47 Å². The number of morpholine rings is 1. The first kappa shape index (κ1) is 23.7. The van der Waals surface area contributed by atoms with Gasteiger partial charge in [0.1, 0.15) is 0 Å². The smallest absolute Gasteiger partial charge is 0.340 e. The molecule has 1 fully saturated rings. The summed E-state index contributed by atoms with van der Waals surface area (Å²) in [7, 11) is 2.78. The topological polar surface area (TPSA) is 86.3 Å². The molecule has 1 N–H and O–H groups in total. The third-order valence-electron chi connectivity index (χ3n) is 4.98. The molecule has 1 heterocycles. The van der Waals surface area contributed by atoms with Crippen LogP contribution >= 0.6 is 11.6 Å². The van der Waals surface area contributed by atoms with Gasteiger partial charge in [-0.2, -0.15) is 0 Å². The van der Waals surface area contributed by atoms with Crippen LogP contribution in [0.5, 0.6) is 11.5 Å².